The molecule has 2 heterocycles. The predicted molar refractivity (Wildman–Crippen MR) is 97.5 cm³/mol. The van der Waals surface area contributed by atoms with Crippen LogP contribution < -0.4 is 15.4 Å². The maximum absolute atomic E-state index is 10.9. The molecule has 0 saturated heterocycles. The zero-order valence-electron chi connectivity index (χ0n) is 13.9. The van der Waals surface area contributed by atoms with Crippen molar-refractivity contribution < 1.29 is 19.1 Å². The van der Waals surface area contributed by atoms with Crippen LogP contribution in [0, 0.1) is 0 Å². The van der Waals surface area contributed by atoms with E-state index < -0.39 is 7.60 Å². The molecule has 3 rings (SSSR count). The topological polar surface area (TPSA) is 132 Å². The number of hydrogen-bond donors (Lipinski definition) is 5. The fourth-order valence-electron chi connectivity index (χ4n) is 2.60. The first kappa shape index (κ1) is 17.5. The van der Waals surface area contributed by atoms with Gasteiger partial charge < -0.3 is 30.1 Å². The third-order valence-corrected chi connectivity index (χ3v) is 4.69. The van der Waals surface area contributed by atoms with Crippen molar-refractivity contribution in [3.8, 4) is 5.75 Å². The number of ether oxygens (including phenoxy) is 1. The molecule has 1 aromatic carbocycles. The molecule has 0 unspecified atom stereocenters. The van der Waals surface area contributed by atoms with E-state index in [0.717, 1.165) is 27.7 Å². The summed E-state index contributed by atoms with van der Waals surface area (Å²) in [6.45, 7) is 0.388. The van der Waals surface area contributed by atoms with Crippen molar-refractivity contribution in [2.24, 2.45) is 0 Å². The molecule has 5 N–H and O–H groups in total. The molecule has 0 saturated carbocycles. The Kier molecular flexibility index (Phi) is 4.80. The quantitative estimate of drug-likeness (QED) is 0.318. The van der Waals surface area contributed by atoms with E-state index in [4.69, 9.17) is 14.5 Å². The Balaban J connectivity index is 1.97. The summed E-state index contributed by atoms with van der Waals surface area (Å²) in [5.41, 5.74) is 2.36. The van der Waals surface area contributed by atoms with Crippen molar-refractivity contribution in [1.82, 2.24) is 15.0 Å². The highest BCUT2D eigenvalue weighted by Crippen LogP contribution is 2.35. The lowest BCUT2D eigenvalue weighted by atomic mass is 10.2. The number of aromatic amines is 1. The monoisotopic (exact) mass is 365 g/mol. The summed E-state index contributed by atoms with van der Waals surface area (Å²) in [5, 5.41) is 6.99. The number of anilines is 2. The van der Waals surface area contributed by atoms with Gasteiger partial charge in [-0.05, 0) is 18.6 Å². The minimum Gasteiger partial charge on any atom is -0.497 e. The second-order valence-electron chi connectivity index (χ2n) is 5.57. The van der Waals surface area contributed by atoms with Crippen molar-refractivity contribution in [3.05, 3.63) is 18.2 Å². The molecule has 0 fully saturated rings. The minimum absolute atomic E-state index is 0.170. The number of aromatic nitrogens is 3. The maximum atomic E-state index is 10.9. The third-order valence-electron chi connectivity index (χ3n) is 3.79. The number of hydrogen-bond acceptors (Lipinski definition) is 6. The first-order valence-corrected chi connectivity index (χ1v) is 9.54. The lowest BCUT2D eigenvalue weighted by Gasteiger charge is -2.09. The zero-order chi connectivity index (χ0) is 18.0. The Labute approximate surface area is 144 Å². The van der Waals surface area contributed by atoms with Crippen LogP contribution >= 0.6 is 7.60 Å². The molecule has 0 aliphatic rings. The van der Waals surface area contributed by atoms with Gasteiger partial charge in [0.25, 0.3) is 0 Å². The molecule has 0 atom stereocenters. The first-order valence-electron chi connectivity index (χ1n) is 7.75. The molecule has 3 aromatic rings. The van der Waals surface area contributed by atoms with Gasteiger partial charge in [0.15, 0.2) is 5.82 Å². The standard InChI is InChI=1S/C15H20N5O4P/c1-16-15-19-12-10-5-4-9(24-2)8-11(10)18-13(12)14(20-15)17-6-3-7-25(21,22)23/h4-5,8,18H,3,6-7H2,1-2H3,(H2,21,22,23)(H2,16,17,19,20). The van der Waals surface area contributed by atoms with E-state index in [0.29, 0.717) is 24.7 Å². The molecule has 9 nitrogen and oxygen atoms in total. The van der Waals surface area contributed by atoms with Crippen LogP contribution in [0.1, 0.15) is 6.42 Å². The van der Waals surface area contributed by atoms with Gasteiger partial charge in [0, 0.05) is 25.0 Å². The van der Waals surface area contributed by atoms with E-state index in [9.17, 15) is 4.57 Å². The fraction of sp³-hybridized carbons (Fsp3) is 0.333. The van der Waals surface area contributed by atoms with Crippen molar-refractivity contribution in [2.75, 3.05) is 37.5 Å². The molecule has 0 amide bonds. The Morgan fingerprint density at radius 3 is 2.80 bits per heavy atom. The van der Waals surface area contributed by atoms with Crippen LogP contribution in [-0.2, 0) is 4.57 Å². The lowest BCUT2D eigenvalue weighted by molar-refractivity contribution is 0.372. The van der Waals surface area contributed by atoms with E-state index in [1.807, 2.05) is 18.2 Å². The molecule has 25 heavy (non-hydrogen) atoms. The van der Waals surface area contributed by atoms with E-state index in [1.54, 1.807) is 14.2 Å². The third kappa shape index (κ3) is 3.84. The largest absolute Gasteiger partial charge is 0.497 e. The zero-order valence-corrected chi connectivity index (χ0v) is 14.8. The summed E-state index contributed by atoms with van der Waals surface area (Å²) in [4.78, 5) is 30.1. The predicted octanol–water partition coefficient (Wildman–Crippen LogP) is 2.14. The summed E-state index contributed by atoms with van der Waals surface area (Å²) >= 11 is 0. The van der Waals surface area contributed by atoms with Gasteiger partial charge >= 0.3 is 7.60 Å². The van der Waals surface area contributed by atoms with Gasteiger partial charge in [-0.15, -0.1) is 0 Å². The number of fused-ring (bicyclic) bond motifs is 3. The summed E-state index contributed by atoms with van der Waals surface area (Å²) in [5.74, 6) is 1.77. The number of nitrogens with one attached hydrogen (secondary N) is 3. The van der Waals surface area contributed by atoms with Crippen LogP contribution in [0.25, 0.3) is 21.9 Å². The van der Waals surface area contributed by atoms with E-state index in [-0.39, 0.29) is 6.16 Å². The normalized spacial score (nSPS) is 11.8. The van der Waals surface area contributed by atoms with E-state index in [1.165, 1.54) is 0 Å². The Hall–Kier alpha value is -2.35. The van der Waals surface area contributed by atoms with Crippen molar-refractivity contribution >= 4 is 41.3 Å². The molecule has 0 spiro atoms. The molecule has 0 radical (unpaired) electrons. The summed E-state index contributed by atoms with van der Waals surface area (Å²) in [7, 11) is -0.649. The lowest BCUT2D eigenvalue weighted by Crippen LogP contribution is -2.08. The van der Waals surface area contributed by atoms with Gasteiger partial charge in [0.05, 0.1) is 18.8 Å². The van der Waals surface area contributed by atoms with Crippen LogP contribution in [0.15, 0.2) is 18.2 Å². The van der Waals surface area contributed by atoms with Crippen LogP contribution in [-0.4, -0.2) is 51.6 Å². The number of benzene rings is 1. The first-order chi connectivity index (χ1) is 11.9. The number of H-pyrrole nitrogens is 1. The Morgan fingerprint density at radius 2 is 2.12 bits per heavy atom. The average Bonchev–Trinajstić information content (AvgIpc) is 2.95. The molecular formula is C15H20N5O4P. The Bertz CT molecular complexity index is 952. The Morgan fingerprint density at radius 1 is 1.32 bits per heavy atom. The van der Waals surface area contributed by atoms with Gasteiger partial charge in [-0.25, -0.2) is 4.98 Å². The highest BCUT2D eigenvalue weighted by Gasteiger charge is 2.15. The minimum atomic E-state index is -3.99. The average molecular weight is 365 g/mol. The smallest absolute Gasteiger partial charge is 0.325 e. The van der Waals surface area contributed by atoms with Gasteiger partial charge in [-0.2, -0.15) is 4.98 Å². The fourth-order valence-corrected chi connectivity index (χ4v) is 3.17. The molecule has 2 aromatic heterocycles. The molecular weight excluding hydrogens is 345 g/mol. The highest BCUT2D eigenvalue weighted by molar-refractivity contribution is 7.51. The second-order valence-corrected chi connectivity index (χ2v) is 7.35. The summed E-state index contributed by atoms with van der Waals surface area (Å²) in [6.07, 6.45) is 0.162. The van der Waals surface area contributed by atoms with Gasteiger partial charge in [0.1, 0.15) is 16.8 Å². The van der Waals surface area contributed by atoms with Crippen LogP contribution in [0.4, 0.5) is 11.8 Å². The highest BCUT2D eigenvalue weighted by atomic mass is 31.2. The van der Waals surface area contributed by atoms with E-state index in [2.05, 4.69) is 25.6 Å². The molecule has 0 aliphatic carbocycles. The second kappa shape index (κ2) is 6.87. The van der Waals surface area contributed by atoms with Gasteiger partial charge in [0.2, 0.25) is 5.95 Å². The molecule has 0 bridgehead atoms. The van der Waals surface area contributed by atoms with Crippen LogP contribution in [0.3, 0.4) is 0 Å². The SMILES string of the molecule is CNc1nc(NCCCP(=O)(O)O)c2[nH]c3cc(OC)ccc3c2n1. The van der Waals surface area contributed by atoms with Crippen molar-refractivity contribution in [3.63, 3.8) is 0 Å². The van der Waals surface area contributed by atoms with Crippen molar-refractivity contribution in [1.29, 1.82) is 0 Å². The molecule has 134 valence electrons. The number of methoxy groups -OCH3 is 1. The number of nitrogens with zero attached hydrogens (tertiary/aromatic N) is 2. The summed E-state index contributed by atoms with van der Waals surface area (Å²) < 4.78 is 16.2. The van der Waals surface area contributed by atoms with Crippen molar-refractivity contribution in [2.45, 2.75) is 6.42 Å². The molecule has 10 heteroatoms. The number of rotatable bonds is 7. The van der Waals surface area contributed by atoms with Crippen LogP contribution in [0.5, 0.6) is 5.75 Å². The summed E-state index contributed by atoms with van der Waals surface area (Å²) in [6, 6.07) is 5.68. The van der Waals surface area contributed by atoms with Crippen LogP contribution in [0.2, 0.25) is 0 Å². The maximum Gasteiger partial charge on any atom is 0.325 e. The van der Waals surface area contributed by atoms with Gasteiger partial charge in [-0.1, -0.05) is 0 Å². The van der Waals surface area contributed by atoms with E-state index >= 15 is 0 Å². The van der Waals surface area contributed by atoms with Gasteiger partial charge in [-0.3, -0.25) is 4.57 Å². The molecule has 0 aliphatic heterocycles.